The van der Waals surface area contributed by atoms with Crippen LogP contribution in [0, 0.1) is 0 Å². The van der Waals surface area contributed by atoms with Crippen molar-refractivity contribution in [2.75, 3.05) is 13.2 Å². The lowest BCUT2D eigenvalue weighted by molar-refractivity contribution is -0.143. The number of hydrogen-bond donors (Lipinski definition) is 10. The number of aliphatic carboxylic acids is 1. The summed E-state index contributed by atoms with van der Waals surface area (Å²) in [6.45, 7) is 0.628. The van der Waals surface area contributed by atoms with Crippen LogP contribution in [0.1, 0.15) is 25.5 Å². The highest BCUT2D eigenvalue weighted by Crippen LogP contribution is 2.04. The van der Waals surface area contributed by atoms with Crippen molar-refractivity contribution in [3.05, 3.63) is 18.2 Å². The van der Waals surface area contributed by atoms with Gasteiger partial charge in [0.05, 0.1) is 25.1 Å². The molecule has 0 spiro atoms. The Morgan fingerprint density at radius 1 is 1.11 bits per heavy atom. The summed E-state index contributed by atoms with van der Waals surface area (Å²) in [5.41, 5.74) is 16.7. The van der Waals surface area contributed by atoms with Gasteiger partial charge in [0, 0.05) is 24.9 Å². The highest BCUT2D eigenvalue weighted by molar-refractivity contribution is 5.94. The molecule has 0 bridgehead atoms. The maximum atomic E-state index is 12.9. The summed E-state index contributed by atoms with van der Waals surface area (Å²) in [5.74, 6) is -4.14. The van der Waals surface area contributed by atoms with Crippen LogP contribution < -0.4 is 33.2 Å². The van der Waals surface area contributed by atoms with Gasteiger partial charge in [0.2, 0.25) is 17.7 Å². The number of amides is 3. The number of carbonyl (C=O) groups excluding carboxylic acids is 3. The van der Waals surface area contributed by atoms with Gasteiger partial charge >= 0.3 is 5.97 Å². The molecule has 13 N–H and O–H groups in total. The van der Waals surface area contributed by atoms with Crippen molar-refractivity contribution in [2.24, 2.45) is 22.2 Å². The molecule has 35 heavy (non-hydrogen) atoms. The molecule has 0 fully saturated rings. The summed E-state index contributed by atoms with van der Waals surface area (Å²) in [7, 11) is 0. The number of carboxylic acid groups (broad SMARTS) is 1. The molecular weight excluding hydrogens is 466 g/mol. The van der Waals surface area contributed by atoms with Crippen LogP contribution in [-0.2, 0) is 25.6 Å². The minimum absolute atomic E-state index is 0.101. The molecular formula is C19H33N9O7. The van der Waals surface area contributed by atoms with Gasteiger partial charge in [-0.3, -0.25) is 19.4 Å². The van der Waals surface area contributed by atoms with Crippen LogP contribution in [0.4, 0.5) is 0 Å². The van der Waals surface area contributed by atoms with E-state index in [-0.39, 0.29) is 25.3 Å². The number of aromatic nitrogens is 2. The first-order chi connectivity index (χ1) is 16.5. The van der Waals surface area contributed by atoms with Crippen molar-refractivity contribution in [1.29, 1.82) is 0 Å². The van der Waals surface area contributed by atoms with Crippen LogP contribution in [0.5, 0.6) is 0 Å². The molecule has 0 saturated heterocycles. The predicted molar refractivity (Wildman–Crippen MR) is 122 cm³/mol. The van der Waals surface area contributed by atoms with Gasteiger partial charge in [-0.05, 0) is 19.8 Å². The molecule has 0 radical (unpaired) electrons. The number of H-pyrrole nitrogens is 1. The highest BCUT2D eigenvalue weighted by atomic mass is 16.4. The second-order valence-electron chi connectivity index (χ2n) is 7.71. The fourth-order valence-corrected chi connectivity index (χ4v) is 2.86. The summed E-state index contributed by atoms with van der Waals surface area (Å²) in [6.07, 6.45) is 1.82. The fraction of sp³-hybridized carbons (Fsp3) is 0.579. The number of imidazole rings is 1. The van der Waals surface area contributed by atoms with E-state index in [1.165, 1.54) is 19.4 Å². The second-order valence-corrected chi connectivity index (χ2v) is 7.71. The molecule has 5 atom stereocenters. The third kappa shape index (κ3) is 10.4. The van der Waals surface area contributed by atoms with Crippen LogP contribution in [0.25, 0.3) is 0 Å². The monoisotopic (exact) mass is 499 g/mol. The van der Waals surface area contributed by atoms with Crippen LogP contribution in [-0.4, -0.2) is 98.4 Å². The number of nitrogens with one attached hydrogen (secondary N) is 4. The number of aromatic amines is 1. The number of nitrogens with two attached hydrogens (primary N) is 3. The highest BCUT2D eigenvalue weighted by Gasteiger charge is 2.32. The van der Waals surface area contributed by atoms with Gasteiger partial charge in [-0.2, -0.15) is 0 Å². The van der Waals surface area contributed by atoms with E-state index in [9.17, 15) is 29.4 Å². The molecule has 196 valence electrons. The molecule has 0 aliphatic carbocycles. The summed E-state index contributed by atoms with van der Waals surface area (Å²) in [4.78, 5) is 59.4. The van der Waals surface area contributed by atoms with Gasteiger partial charge in [-0.15, -0.1) is 0 Å². The van der Waals surface area contributed by atoms with Crippen molar-refractivity contribution in [3.8, 4) is 0 Å². The van der Waals surface area contributed by atoms with E-state index in [0.29, 0.717) is 12.1 Å². The molecule has 0 aliphatic rings. The van der Waals surface area contributed by atoms with Gasteiger partial charge in [0.25, 0.3) is 0 Å². The standard InChI is InChI=1S/C19H33N9O7/c1-9(30)14(28-15(31)11(20)3-2-4-24-19(21)22)17(33)26-12(5-10-6-23-8-25-10)16(32)27-13(7-29)18(34)35/h6,8-9,11-14,29-30H,2-5,7,20H2,1H3,(H,23,25)(H,26,33)(H,27,32)(H,28,31)(H,34,35)(H4,21,22,24). The topological polar surface area (TPSA) is 284 Å². The lowest BCUT2D eigenvalue weighted by Gasteiger charge is -2.26. The Morgan fingerprint density at radius 2 is 1.77 bits per heavy atom. The van der Waals surface area contributed by atoms with Gasteiger partial charge in [-0.25, -0.2) is 9.78 Å². The van der Waals surface area contributed by atoms with E-state index in [4.69, 9.17) is 22.3 Å². The number of nitrogens with zero attached hydrogens (tertiary/aromatic N) is 2. The third-order valence-electron chi connectivity index (χ3n) is 4.78. The number of hydrogen-bond acceptors (Lipinski definition) is 9. The largest absolute Gasteiger partial charge is 0.480 e. The lowest BCUT2D eigenvalue weighted by Crippen LogP contribution is -2.60. The van der Waals surface area contributed by atoms with Gasteiger partial charge < -0.3 is 53.5 Å². The summed E-state index contributed by atoms with van der Waals surface area (Å²) < 4.78 is 0. The van der Waals surface area contributed by atoms with Crippen molar-refractivity contribution in [2.45, 2.75) is 56.5 Å². The van der Waals surface area contributed by atoms with E-state index in [1.807, 2.05) is 0 Å². The predicted octanol–water partition coefficient (Wildman–Crippen LogP) is -4.75. The third-order valence-corrected chi connectivity index (χ3v) is 4.78. The van der Waals surface area contributed by atoms with Gasteiger partial charge in [-0.1, -0.05) is 0 Å². The van der Waals surface area contributed by atoms with Crippen molar-refractivity contribution < 1.29 is 34.5 Å². The smallest absolute Gasteiger partial charge is 0.328 e. The Kier molecular flexibility index (Phi) is 12.1. The first-order valence-corrected chi connectivity index (χ1v) is 10.7. The quantitative estimate of drug-likeness (QED) is 0.0620. The minimum atomic E-state index is -1.60. The second kappa shape index (κ2) is 14.5. The Bertz CT molecular complexity index is 872. The molecule has 0 aliphatic heterocycles. The van der Waals surface area contributed by atoms with Gasteiger partial charge in [0.1, 0.15) is 18.1 Å². The molecule has 0 aromatic carbocycles. The summed E-state index contributed by atoms with van der Waals surface area (Å²) in [6, 6.07) is -5.43. The molecule has 1 rings (SSSR count). The van der Waals surface area contributed by atoms with Crippen LogP contribution in [0.2, 0.25) is 0 Å². The molecule has 16 heteroatoms. The fourth-order valence-electron chi connectivity index (χ4n) is 2.86. The van der Waals surface area contributed by atoms with E-state index >= 15 is 0 Å². The van der Waals surface area contributed by atoms with E-state index < -0.39 is 60.6 Å². The van der Waals surface area contributed by atoms with Gasteiger partial charge in [0.15, 0.2) is 5.96 Å². The SMILES string of the molecule is CC(O)C(NC(=O)C(N)CCCN=C(N)N)C(=O)NC(Cc1cnc[nH]1)C(=O)NC(CO)C(=O)O. The molecule has 0 saturated carbocycles. The van der Waals surface area contributed by atoms with Crippen LogP contribution in [0.3, 0.4) is 0 Å². The number of aliphatic hydroxyl groups is 2. The zero-order valence-corrected chi connectivity index (χ0v) is 19.2. The van der Waals surface area contributed by atoms with Crippen LogP contribution in [0.15, 0.2) is 17.5 Å². The molecule has 1 aromatic rings. The number of aliphatic hydroxyl groups excluding tert-OH is 2. The normalized spacial score (nSPS) is 15.1. The number of carbonyl (C=O) groups is 4. The Morgan fingerprint density at radius 3 is 2.29 bits per heavy atom. The lowest BCUT2D eigenvalue weighted by atomic mass is 10.1. The van der Waals surface area contributed by atoms with E-state index in [1.54, 1.807) is 0 Å². The molecule has 5 unspecified atom stereocenters. The number of carboxylic acids is 1. The first-order valence-electron chi connectivity index (χ1n) is 10.7. The first kappa shape index (κ1) is 29.3. The van der Waals surface area contributed by atoms with E-state index in [0.717, 1.165) is 0 Å². The average molecular weight is 500 g/mol. The Hall–Kier alpha value is -3.76. The van der Waals surface area contributed by atoms with E-state index in [2.05, 4.69) is 30.9 Å². The number of rotatable bonds is 15. The molecule has 1 aromatic heterocycles. The van der Waals surface area contributed by atoms with Crippen LogP contribution >= 0.6 is 0 Å². The molecule has 3 amide bonds. The number of guanidine groups is 1. The summed E-state index contributed by atoms with van der Waals surface area (Å²) >= 11 is 0. The molecule has 1 heterocycles. The zero-order valence-electron chi connectivity index (χ0n) is 19.2. The van der Waals surface area contributed by atoms with Crippen molar-refractivity contribution >= 4 is 29.7 Å². The maximum absolute atomic E-state index is 12.9. The average Bonchev–Trinajstić information content (AvgIpc) is 3.30. The zero-order chi connectivity index (χ0) is 26.5. The summed E-state index contributed by atoms with van der Waals surface area (Å²) in [5, 5.41) is 35.1. The maximum Gasteiger partial charge on any atom is 0.328 e. The van der Waals surface area contributed by atoms with Crippen molar-refractivity contribution in [3.63, 3.8) is 0 Å². The minimum Gasteiger partial charge on any atom is -0.480 e. The molecule has 16 nitrogen and oxygen atoms in total. The Balaban J connectivity index is 2.89. The van der Waals surface area contributed by atoms with Crippen molar-refractivity contribution in [1.82, 2.24) is 25.9 Å². The Labute approximate surface area is 200 Å². The number of aliphatic imine (C=N–C) groups is 1.